The third kappa shape index (κ3) is 4.60. The number of methoxy groups -OCH3 is 1. The number of benzene rings is 1. The summed E-state index contributed by atoms with van der Waals surface area (Å²) >= 11 is 0. The number of ether oxygens (including phenoxy) is 3. The molecule has 1 aromatic carbocycles. The minimum atomic E-state index is -0.975. The summed E-state index contributed by atoms with van der Waals surface area (Å²) in [6.45, 7) is 6.19. The fourth-order valence-electron chi connectivity index (χ4n) is 4.36. The molecule has 1 heterocycles. The lowest BCUT2D eigenvalue weighted by molar-refractivity contribution is -0.151. The molecule has 0 radical (unpaired) electrons. The van der Waals surface area contributed by atoms with Gasteiger partial charge < -0.3 is 19.5 Å². The third-order valence-electron chi connectivity index (χ3n) is 5.83. The number of Topliss-reactive ketones (excluding diaryl/α,β-unsaturated/α-hetero) is 1. The Balaban J connectivity index is 2.06. The van der Waals surface area contributed by atoms with Crippen molar-refractivity contribution in [1.29, 1.82) is 0 Å². The van der Waals surface area contributed by atoms with Crippen LogP contribution < -0.4 is 5.32 Å². The molecule has 3 atom stereocenters. The van der Waals surface area contributed by atoms with Gasteiger partial charge in [0.05, 0.1) is 19.3 Å². The molecule has 0 amide bonds. The Morgan fingerprint density at radius 2 is 1.88 bits per heavy atom. The van der Waals surface area contributed by atoms with Gasteiger partial charge in [0.2, 0.25) is 0 Å². The fraction of sp³-hybridized carbons (Fsp3) is 0.458. The van der Waals surface area contributed by atoms with E-state index in [0.717, 1.165) is 0 Å². The largest absolute Gasteiger partial charge is 0.468 e. The highest BCUT2D eigenvalue weighted by atomic mass is 19.1. The number of carbonyl (C=O) groups excluding carboxylic acids is 3. The number of rotatable bonds is 7. The number of hydrogen-bond donors (Lipinski definition) is 1. The van der Waals surface area contributed by atoms with Crippen LogP contribution >= 0.6 is 0 Å². The molecule has 172 valence electrons. The second kappa shape index (κ2) is 10.1. The SMILES string of the molecule is CCOCCOC(=O)C1=C(C)NC2=C(C(=O)[C@H](C(=O)OC)[C@@H](C)C2)[C@@H]1c1ccc(F)cc1. The topological polar surface area (TPSA) is 90.9 Å². The van der Waals surface area contributed by atoms with Gasteiger partial charge in [0, 0.05) is 29.5 Å². The van der Waals surface area contributed by atoms with Crippen LogP contribution in [0.4, 0.5) is 4.39 Å². The Morgan fingerprint density at radius 1 is 1.19 bits per heavy atom. The van der Waals surface area contributed by atoms with Crippen molar-refractivity contribution in [1.82, 2.24) is 5.32 Å². The predicted octanol–water partition coefficient (Wildman–Crippen LogP) is 3.02. The first-order chi connectivity index (χ1) is 15.3. The molecule has 0 saturated heterocycles. The zero-order chi connectivity index (χ0) is 23.4. The van der Waals surface area contributed by atoms with Gasteiger partial charge in [-0.3, -0.25) is 9.59 Å². The second-order valence-electron chi connectivity index (χ2n) is 7.92. The molecule has 8 heteroatoms. The highest BCUT2D eigenvalue weighted by Crippen LogP contribution is 2.45. The molecule has 0 aromatic heterocycles. The molecule has 0 fully saturated rings. The summed E-state index contributed by atoms with van der Waals surface area (Å²) in [7, 11) is 1.24. The van der Waals surface area contributed by atoms with Crippen LogP contribution in [0.2, 0.25) is 0 Å². The molecule has 1 aliphatic carbocycles. The van der Waals surface area contributed by atoms with E-state index in [1.165, 1.54) is 31.4 Å². The second-order valence-corrected chi connectivity index (χ2v) is 7.92. The van der Waals surface area contributed by atoms with Gasteiger partial charge >= 0.3 is 11.9 Å². The van der Waals surface area contributed by atoms with Crippen molar-refractivity contribution in [2.45, 2.75) is 33.1 Å². The monoisotopic (exact) mass is 445 g/mol. The molecule has 2 aliphatic rings. The van der Waals surface area contributed by atoms with Gasteiger partial charge in [0.25, 0.3) is 0 Å². The van der Waals surface area contributed by atoms with E-state index < -0.39 is 35.4 Å². The standard InChI is InChI=1S/C24H28FNO6/c1-5-31-10-11-32-24(29)19-14(3)26-17-12-13(2)18(23(28)30-4)22(27)21(17)20(19)15-6-8-16(25)9-7-15/h6-9,13,18,20,26H,5,10-12H2,1-4H3/t13-,18+,20+/m0/s1. The molecule has 32 heavy (non-hydrogen) atoms. The lowest BCUT2D eigenvalue weighted by Gasteiger charge is -2.38. The molecular formula is C24H28FNO6. The summed E-state index contributed by atoms with van der Waals surface area (Å²) < 4.78 is 29.1. The summed E-state index contributed by atoms with van der Waals surface area (Å²) in [6.07, 6.45) is 0.433. The van der Waals surface area contributed by atoms with Crippen LogP contribution in [0.3, 0.4) is 0 Å². The zero-order valence-corrected chi connectivity index (χ0v) is 18.7. The number of nitrogens with one attached hydrogen (secondary N) is 1. The quantitative estimate of drug-likeness (QED) is 0.392. The van der Waals surface area contributed by atoms with Crippen LogP contribution in [0.15, 0.2) is 46.8 Å². The number of dihydropyridines is 1. The average molecular weight is 445 g/mol. The lowest BCUT2D eigenvalue weighted by Crippen LogP contribution is -2.43. The van der Waals surface area contributed by atoms with Crippen molar-refractivity contribution >= 4 is 17.7 Å². The molecular weight excluding hydrogens is 417 g/mol. The van der Waals surface area contributed by atoms with Gasteiger partial charge in [-0.25, -0.2) is 9.18 Å². The Hall–Kier alpha value is -3.00. The Morgan fingerprint density at radius 3 is 2.50 bits per heavy atom. The number of carbonyl (C=O) groups is 3. The maximum Gasteiger partial charge on any atom is 0.336 e. The summed E-state index contributed by atoms with van der Waals surface area (Å²) in [4.78, 5) is 39.0. The van der Waals surface area contributed by atoms with Gasteiger partial charge in [0.1, 0.15) is 18.3 Å². The van der Waals surface area contributed by atoms with Crippen molar-refractivity contribution in [3.8, 4) is 0 Å². The van der Waals surface area contributed by atoms with Gasteiger partial charge in [-0.15, -0.1) is 0 Å². The Bertz CT molecular complexity index is 965. The van der Waals surface area contributed by atoms with Crippen molar-refractivity contribution in [3.63, 3.8) is 0 Å². The van der Waals surface area contributed by atoms with Gasteiger partial charge in [-0.1, -0.05) is 19.1 Å². The molecule has 1 N–H and O–H groups in total. The van der Waals surface area contributed by atoms with Crippen LogP contribution in [0.1, 0.15) is 38.7 Å². The number of ketones is 1. The van der Waals surface area contributed by atoms with E-state index in [4.69, 9.17) is 14.2 Å². The van der Waals surface area contributed by atoms with Gasteiger partial charge in [-0.2, -0.15) is 0 Å². The number of esters is 2. The van der Waals surface area contributed by atoms with E-state index in [-0.39, 0.29) is 24.7 Å². The molecule has 1 aromatic rings. The minimum absolute atomic E-state index is 0.0568. The maximum absolute atomic E-state index is 13.6. The van der Waals surface area contributed by atoms with Crippen molar-refractivity contribution in [2.24, 2.45) is 11.8 Å². The summed E-state index contributed by atoms with van der Waals surface area (Å²) in [5.74, 6) is -4.09. The first kappa shape index (κ1) is 23.7. The number of allylic oxidation sites excluding steroid dienone is 3. The fourth-order valence-corrected chi connectivity index (χ4v) is 4.36. The summed E-state index contributed by atoms with van der Waals surface area (Å²) in [5, 5.41) is 3.18. The molecule has 0 bridgehead atoms. The van der Waals surface area contributed by atoms with E-state index in [1.54, 1.807) is 6.92 Å². The smallest absolute Gasteiger partial charge is 0.336 e. The highest BCUT2D eigenvalue weighted by molar-refractivity contribution is 6.12. The van der Waals surface area contributed by atoms with Crippen LogP contribution in [0, 0.1) is 17.7 Å². The molecule has 1 aliphatic heterocycles. The van der Waals surface area contributed by atoms with Gasteiger partial charge in [0.15, 0.2) is 5.78 Å². The average Bonchev–Trinajstić information content (AvgIpc) is 2.76. The first-order valence-corrected chi connectivity index (χ1v) is 10.6. The van der Waals surface area contributed by atoms with Crippen molar-refractivity contribution in [2.75, 3.05) is 26.9 Å². The Labute approximate surface area is 186 Å². The van der Waals surface area contributed by atoms with E-state index >= 15 is 0 Å². The molecule has 0 spiro atoms. The normalized spacial score (nSPS) is 22.9. The molecule has 0 saturated carbocycles. The minimum Gasteiger partial charge on any atom is -0.468 e. The van der Waals surface area contributed by atoms with E-state index in [0.29, 0.717) is 35.6 Å². The summed E-state index contributed by atoms with van der Waals surface area (Å²) in [5.41, 5.74) is 2.32. The van der Waals surface area contributed by atoms with Crippen LogP contribution in [0.5, 0.6) is 0 Å². The predicted molar refractivity (Wildman–Crippen MR) is 114 cm³/mol. The maximum atomic E-state index is 13.6. The zero-order valence-electron chi connectivity index (χ0n) is 18.7. The lowest BCUT2D eigenvalue weighted by atomic mass is 9.69. The molecule has 0 unspecified atom stereocenters. The van der Waals surface area contributed by atoms with Crippen LogP contribution in [-0.4, -0.2) is 44.7 Å². The summed E-state index contributed by atoms with van der Waals surface area (Å²) in [6, 6.07) is 5.63. The van der Waals surface area contributed by atoms with Crippen molar-refractivity contribution < 1.29 is 33.0 Å². The molecule has 3 rings (SSSR count). The van der Waals surface area contributed by atoms with E-state index in [9.17, 15) is 18.8 Å². The number of halogens is 1. The van der Waals surface area contributed by atoms with Crippen LogP contribution in [0.25, 0.3) is 0 Å². The molecule has 7 nitrogen and oxygen atoms in total. The Kier molecular flexibility index (Phi) is 7.45. The van der Waals surface area contributed by atoms with Crippen LogP contribution in [-0.2, 0) is 28.6 Å². The van der Waals surface area contributed by atoms with Gasteiger partial charge in [-0.05, 0) is 43.9 Å². The first-order valence-electron chi connectivity index (χ1n) is 10.6. The highest BCUT2D eigenvalue weighted by Gasteiger charge is 2.47. The van der Waals surface area contributed by atoms with E-state index in [2.05, 4.69) is 5.32 Å². The number of hydrogen-bond acceptors (Lipinski definition) is 7. The third-order valence-corrected chi connectivity index (χ3v) is 5.83. The van der Waals surface area contributed by atoms with E-state index in [1.807, 2.05) is 13.8 Å². The van der Waals surface area contributed by atoms with Crippen molar-refractivity contribution in [3.05, 3.63) is 58.2 Å².